The van der Waals surface area contributed by atoms with Gasteiger partial charge in [0.05, 0.1) is 13.2 Å². The highest BCUT2D eigenvalue weighted by molar-refractivity contribution is 6.01. The molecule has 7 nitrogen and oxygen atoms in total. The first kappa shape index (κ1) is 17.4. The summed E-state index contributed by atoms with van der Waals surface area (Å²) in [6.45, 7) is 0.488. The highest BCUT2D eigenvalue weighted by Gasteiger charge is 2.51. The maximum atomic E-state index is 13.2. The van der Waals surface area contributed by atoms with Crippen molar-refractivity contribution in [1.29, 1.82) is 0 Å². The zero-order valence-electron chi connectivity index (χ0n) is 14.3. The van der Waals surface area contributed by atoms with Crippen LogP contribution in [0.5, 0.6) is 0 Å². The predicted molar refractivity (Wildman–Crippen MR) is 89.4 cm³/mol. The number of hydrogen-bond donors (Lipinski definition) is 1. The second kappa shape index (κ2) is 6.85. The zero-order chi connectivity index (χ0) is 18.0. The van der Waals surface area contributed by atoms with Crippen LogP contribution in [0.25, 0.3) is 11.0 Å². The van der Waals surface area contributed by atoms with E-state index in [1.54, 1.807) is 13.2 Å². The third-order valence-corrected chi connectivity index (χ3v) is 4.70. The first-order valence-electron chi connectivity index (χ1n) is 8.09. The van der Waals surface area contributed by atoms with Crippen molar-refractivity contribution in [3.8, 4) is 0 Å². The summed E-state index contributed by atoms with van der Waals surface area (Å²) in [6.07, 6.45) is 0.947. The molecule has 1 saturated heterocycles. The molecule has 25 heavy (non-hydrogen) atoms. The van der Waals surface area contributed by atoms with Crippen LogP contribution in [-0.2, 0) is 20.9 Å². The standard InChI is InChI=1S/C18H21NO6/c1-23-10-13-12-6-3-4-7-14(12)25-15(13)16(20)19-9-5-8-18(19,11-24-2)17(21)22/h3-4,6-7H,5,8-11H2,1-2H3,(H,21,22). The summed E-state index contributed by atoms with van der Waals surface area (Å²) in [4.78, 5) is 26.4. The number of amides is 1. The molecular formula is C18H21NO6. The fraction of sp³-hybridized carbons (Fsp3) is 0.444. The Hall–Kier alpha value is -2.38. The summed E-state index contributed by atoms with van der Waals surface area (Å²) in [5.41, 5.74) is -0.161. The number of carbonyl (C=O) groups excluding carboxylic acids is 1. The van der Waals surface area contributed by atoms with Crippen LogP contribution >= 0.6 is 0 Å². The van der Waals surface area contributed by atoms with Crippen LogP contribution in [0.15, 0.2) is 28.7 Å². The van der Waals surface area contributed by atoms with Crippen molar-refractivity contribution in [1.82, 2.24) is 4.90 Å². The van der Waals surface area contributed by atoms with E-state index in [0.717, 1.165) is 5.39 Å². The Labute approximate surface area is 145 Å². The molecular weight excluding hydrogens is 326 g/mol. The van der Waals surface area contributed by atoms with Crippen LogP contribution in [0.1, 0.15) is 29.0 Å². The third kappa shape index (κ3) is 2.79. The van der Waals surface area contributed by atoms with Gasteiger partial charge in [-0.25, -0.2) is 4.79 Å². The topological polar surface area (TPSA) is 89.2 Å². The van der Waals surface area contributed by atoms with Gasteiger partial charge in [-0.2, -0.15) is 0 Å². The number of benzene rings is 1. The van der Waals surface area contributed by atoms with Crippen molar-refractivity contribution in [2.75, 3.05) is 27.4 Å². The Morgan fingerprint density at radius 3 is 2.72 bits per heavy atom. The first-order chi connectivity index (χ1) is 12.0. The van der Waals surface area contributed by atoms with Gasteiger partial charge in [-0.3, -0.25) is 4.79 Å². The molecule has 0 bridgehead atoms. The molecule has 1 aromatic heterocycles. The minimum Gasteiger partial charge on any atom is -0.479 e. The van der Waals surface area contributed by atoms with E-state index in [2.05, 4.69) is 0 Å². The van der Waals surface area contributed by atoms with Gasteiger partial charge in [0.15, 0.2) is 11.3 Å². The number of rotatable bonds is 6. The fourth-order valence-corrected chi connectivity index (χ4v) is 3.53. The van der Waals surface area contributed by atoms with E-state index in [-0.39, 0.29) is 19.0 Å². The van der Waals surface area contributed by atoms with Gasteiger partial charge in [0.25, 0.3) is 5.91 Å². The highest BCUT2D eigenvalue weighted by Crippen LogP contribution is 2.34. The third-order valence-electron chi connectivity index (χ3n) is 4.70. The summed E-state index contributed by atoms with van der Waals surface area (Å²) in [6, 6.07) is 7.30. The summed E-state index contributed by atoms with van der Waals surface area (Å²) in [7, 11) is 2.97. The molecule has 134 valence electrons. The summed E-state index contributed by atoms with van der Waals surface area (Å²) < 4.78 is 16.1. The number of furan rings is 1. The highest BCUT2D eigenvalue weighted by atomic mass is 16.5. The van der Waals surface area contributed by atoms with Gasteiger partial charge in [-0.15, -0.1) is 0 Å². The number of ether oxygens (including phenoxy) is 2. The molecule has 1 unspecified atom stereocenters. The molecule has 2 aromatic rings. The Morgan fingerprint density at radius 1 is 1.28 bits per heavy atom. The number of likely N-dealkylation sites (tertiary alicyclic amines) is 1. The lowest BCUT2D eigenvalue weighted by atomic mass is 9.97. The molecule has 3 rings (SSSR count). The largest absolute Gasteiger partial charge is 0.479 e. The normalized spacial score (nSPS) is 20.3. The van der Waals surface area contributed by atoms with Crippen molar-refractivity contribution < 1.29 is 28.6 Å². The van der Waals surface area contributed by atoms with Crippen molar-refractivity contribution in [3.63, 3.8) is 0 Å². The van der Waals surface area contributed by atoms with Gasteiger partial charge in [-0.05, 0) is 18.9 Å². The van der Waals surface area contributed by atoms with E-state index in [4.69, 9.17) is 13.9 Å². The molecule has 0 radical (unpaired) electrons. The molecule has 0 saturated carbocycles. The number of hydrogen-bond acceptors (Lipinski definition) is 5. The van der Waals surface area contributed by atoms with Gasteiger partial charge < -0.3 is 23.9 Å². The maximum Gasteiger partial charge on any atom is 0.332 e. The van der Waals surface area contributed by atoms with E-state index < -0.39 is 17.4 Å². The molecule has 1 fully saturated rings. The first-order valence-corrected chi connectivity index (χ1v) is 8.09. The molecule has 2 heterocycles. The second-order valence-electron chi connectivity index (χ2n) is 6.17. The van der Waals surface area contributed by atoms with E-state index in [1.165, 1.54) is 12.0 Å². The Morgan fingerprint density at radius 2 is 2.04 bits per heavy atom. The van der Waals surface area contributed by atoms with Crippen LogP contribution in [0, 0.1) is 0 Å². The molecule has 1 aliphatic rings. The van der Waals surface area contributed by atoms with Crippen LogP contribution in [0.4, 0.5) is 0 Å². The average molecular weight is 347 g/mol. The smallest absolute Gasteiger partial charge is 0.332 e. The van der Waals surface area contributed by atoms with Crippen molar-refractivity contribution in [2.45, 2.75) is 25.0 Å². The fourth-order valence-electron chi connectivity index (χ4n) is 3.53. The number of carboxylic acids is 1. The van der Waals surface area contributed by atoms with Gasteiger partial charge in [0.1, 0.15) is 5.58 Å². The molecule has 0 spiro atoms. The van der Waals surface area contributed by atoms with Crippen molar-refractivity contribution in [3.05, 3.63) is 35.6 Å². The monoisotopic (exact) mass is 347 g/mol. The second-order valence-corrected chi connectivity index (χ2v) is 6.17. The zero-order valence-corrected chi connectivity index (χ0v) is 14.3. The SMILES string of the molecule is COCc1c(C(=O)N2CCCC2(COC)C(=O)O)oc2ccccc12. The Kier molecular flexibility index (Phi) is 4.78. The lowest BCUT2D eigenvalue weighted by molar-refractivity contribution is -0.151. The van der Waals surface area contributed by atoms with Gasteiger partial charge in [0.2, 0.25) is 0 Å². The quantitative estimate of drug-likeness (QED) is 0.862. The number of nitrogens with zero attached hydrogens (tertiary/aromatic N) is 1. The molecule has 1 amide bonds. The minimum atomic E-state index is -1.37. The van der Waals surface area contributed by atoms with E-state index >= 15 is 0 Å². The maximum absolute atomic E-state index is 13.2. The van der Waals surface area contributed by atoms with Crippen LogP contribution in [0.2, 0.25) is 0 Å². The lowest BCUT2D eigenvalue weighted by Gasteiger charge is -2.33. The van der Waals surface area contributed by atoms with Crippen molar-refractivity contribution >= 4 is 22.8 Å². The van der Waals surface area contributed by atoms with E-state index in [0.29, 0.717) is 30.5 Å². The summed E-state index contributed by atoms with van der Waals surface area (Å²) >= 11 is 0. The predicted octanol–water partition coefficient (Wildman–Crippen LogP) is 2.29. The van der Waals surface area contributed by atoms with Gasteiger partial charge >= 0.3 is 5.97 Å². The Bertz CT molecular complexity index is 798. The average Bonchev–Trinajstić information content (AvgIpc) is 3.18. The molecule has 1 N–H and O–H groups in total. The molecule has 1 atom stereocenters. The number of carbonyl (C=O) groups is 2. The Balaban J connectivity index is 2.07. The number of methoxy groups -OCH3 is 2. The molecule has 7 heteroatoms. The molecule has 1 aromatic carbocycles. The lowest BCUT2D eigenvalue weighted by Crippen LogP contribution is -2.56. The summed E-state index contributed by atoms with van der Waals surface area (Å²) in [5, 5.41) is 10.5. The number of carboxylic acid groups (broad SMARTS) is 1. The van der Waals surface area contributed by atoms with Gasteiger partial charge in [0, 0.05) is 31.7 Å². The molecule has 0 aliphatic carbocycles. The van der Waals surface area contributed by atoms with Crippen LogP contribution in [-0.4, -0.2) is 54.8 Å². The molecule has 1 aliphatic heterocycles. The number of aliphatic carboxylic acids is 1. The number of fused-ring (bicyclic) bond motifs is 1. The van der Waals surface area contributed by atoms with Crippen molar-refractivity contribution in [2.24, 2.45) is 0 Å². The van der Waals surface area contributed by atoms with Gasteiger partial charge in [-0.1, -0.05) is 18.2 Å². The minimum absolute atomic E-state index is 0.0616. The van der Waals surface area contributed by atoms with Crippen LogP contribution in [0.3, 0.4) is 0 Å². The van der Waals surface area contributed by atoms with E-state index in [1.807, 2.05) is 18.2 Å². The van der Waals surface area contributed by atoms with E-state index in [9.17, 15) is 14.7 Å². The summed E-state index contributed by atoms with van der Waals surface area (Å²) in [5.74, 6) is -1.38. The van der Waals surface area contributed by atoms with Crippen LogP contribution < -0.4 is 0 Å². The number of para-hydroxylation sites is 1.